The highest BCUT2D eigenvalue weighted by Gasteiger charge is 2.33. The number of anilines is 2. The second-order valence-electron chi connectivity index (χ2n) is 6.47. The van der Waals surface area contributed by atoms with Gasteiger partial charge in [-0.15, -0.1) is 0 Å². The van der Waals surface area contributed by atoms with Crippen molar-refractivity contribution in [2.75, 3.05) is 5.32 Å². The van der Waals surface area contributed by atoms with E-state index in [0.29, 0.717) is 0 Å². The molecule has 7 nitrogen and oxygen atoms in total. The SMILES string of the molecule is N#Cc1c(Nc2cc[nH]c(=O)c2)c2ccc(C(F)(F)F)nc2n(-c2ccccc2)c1=O. The third kappa shape index (κ3) is 3.64. The second kappa shape index (κ2) is 7.46. The molecule has 1 aromatic carbocycles. The fraction of sp³-hybridized carbons (Fsp3) is 0.0476. The molecule has 10 heteroatoms. The Kier molecular flexibility index (Phi) is 4.79. The number of alkyl halides is 3. The molecule has 0 bridgehead atoms. The lowest BCUT2D eigenvalue weighted by Crippen LogP contribution is -2.24. The Morgan fingerprint density at radius 1 is 1.06 bits per heavy atom. The number of nitrogens with one attached hydrogen (secondary N) is 2. The summed E-state index contributed by atoms with van der Waals surface area (Å²) in [6, 6.07) is 14.3. The third-order valence-corrected chi connectivity index (χ3v) is 4.48. The number of H-pyrrole nitrogens is 1. The molecule has 0 fully saturated rings. The summed E-state index contributed by atoms with van der Waals surface area (Å²) in [4.78, 5) is 30.9. The Morgan fingerprint density at radius 3 is 2.45 bits per heavy atom. The smallest absolute Gasteiger partial charge is 0.353 e. The predicted octanol–water partition coefficient (Wildman–Crippen LogP) is 3.71. The van der Waals surface area contributed by atoms with Crippen LogP contribution in [0.1, 0.15) is 11.3 Å². The largest absolute Gasteiger partial charge is 0.433 e. The normalized spacial score (nSPS) is 11.3. The first-order valence-electron chi connectivity index (χ1n) is 8.88. The monoisotopic (exact) mass is 423 g/mol. The van der Waals surface area contributed by atoms with Gasteiger partial charge in [0, 0.05) is 23.3 Å². The molecule has 0 saturated heterocycles. The van der Waals surface area contributed by atoms with E-state index >= 15 is 0 Å². The zero-order valence-corrected chi connectivity index (χ0v) is 15.6. The molecular formula is C21H12F3N5O2. The average molecular weight is 423 g/mol. The molecule has 154 valence electrons. The number of pyridine rings is 3. The van der Waals surface area contributed by atoms with Crippen molar-refractivity contribution in [3.63, 3.8) is 0 Å². The summed E-state index contributed by atoms with van der Waals surface area (Å²) in [5.41, 5.74) is -2.63. The van der Waals surface area contributed by atoms with Gasteiger partial charge in [0.25, 0.3) is 5.56 Å². The Bertz CT molecular complexity index is 1450. The second-order valence-corrected chi connectivity index (χ2v) is 6.47. The van der Waals surface area contributed by atoms with E-state index in [1.54, 1.807) is 18.2 Å². The van der Waals surface area contributed by atoms with Crippen molar-refractivity contribution in [2.45, 2.75) is 6.18 Å². The van der Waals surface area contributed by atoms with E-state index in [-0.39, 0.29) is 33.7 Å². The number of halogens is 3. The first-order chi connectivity index (χ1) is 14.8. The van der Waals surface area contributed by atoms with Crippen LogP contribution in [-0.2, 0) is 6.18 Å². The number of fused-ring (bicyclic) bond motifs is 1. The number of hydrogen-bond acceptors (Lipinski definition) is 5. The Hall–Kier alpha value is -4.39. The van der Waals surface area contributed by atoms with Gasteiger partial charge in [0.05, 0.1) is 11.4 Å². The number of para-hydroxylation sites is 1. The number of rotatable bonds is 3. The van der Waals surface area contributed by atoms with Gasteiger partial charge in [0.2, 0.25) is 5.56 Å². The lowest BCUT2D eigenvalue weighted by Gasteiger charge is -2.17. The van der Waals surface area contributed by atoms with Gasteiger partial charge in [-0.25, -0.2) is 4.98 Å². The molecule has 0 aliphatic heterocycles. The molecular weight excluding hydrogens is 411 g/mol. The molecule has 0 saturated carbocycles. The molecule has 3 aromatic heterocycles. The van der Waals surface area contributed by atoms with Crippen LogP contribution in [0.15, 0.2) is 70.4 Å². The van der Waals surface area contributed by atoms with E-state index in [1.165, 1.54) is 30.5 Å². The summed E-state index contributed by atoms with van der Waals surface area (Å²) < 4.78 is 41.0. The van der Waals surface area contributed by atoms with Gasteiger partial charge in [0.15, 0.2) is 0 Å². The maximum Gasteiger partial charge on any atom is 0.433 e. The summed E-state index contributed by atoms with van der Waals surface area (Å²) in [6.07, 6.45) is -3.38. The minimum Gasteiger partial charge on any atom is -0.353 e. The highest BCUT2D eigenvalue weighted by Crippen LogP contribution is 2.33. The van der Waals surface area contributed by atoms with Crippen LogP contribution in [0, 0.1) is 11.3 Å². The highest BCUT2D eigenvalue weighted by molar-refractivity contribution is 5.95. The molecule has 0 spiro atoms. The van der Waals surface area contributed by atoms with Crippen LogP contribution in [0.4, 0.5) is 24.5 Å². The van der Waals surface area contributed by atoms with Crippen molar-refractivity contribution in [3.05, 3.63) is 92.8 Å². The number of benzene rings is 1. The summed E-state index contributed by atoms with van der Waals surface area (Å²) in [6.45, 7) is 0. The van der Waals surface area contributed by atoms with E-state index in [0.717, 1.165) is 16.7 Å². The average Bonchev–Trinajstić information content (AvgIpc) is 2.74. The van der Waals surface area contributed by atoms with Gasteiger partial charge < -0.3 is 10.3 Å². The van der Waals surface area contributed by atoms with Crippen LogP contribution in [0.2, 0.25) is 0 Å². The van der Waals surface area contributed by atoms with Gasteiger partial charge in [0.1, 0.15) is 23.0 Å². The summed E-state index contributed by atoms with van der Waals surface area (Å²) in [5, 5.41) is 12.6. The predicted molar refractivity (Wildman–Crippen MR) is 107 cm³/mol. The number of aromatic amines is 1. The van der Waals surface area contributed by atoms with E-state index in [1.807, 2.05) is 6.07 Å². The first-order valence-corrected chi connectivity index (χ1v) is 8.88. The van der Waals surface area contributed by atoms with Crippen LogP contribution >= 0.6 is 0 Å². The molecule has 0 atom stereocenters. The zero-order chi connectivity index (χ0) is 22.2. The molecule has 0 radical (unpaired) electrons. The Morgan fingerprint density at radius 2 is 1.81 bits per heavy atom. The summed E-state index contributed by atoms with van der Waals surface area (Å²) in [5.74, 6) is 0. The molecule has 3 heterocycles. The van der Waals surface area contributed by atoms with Gasteiger partial charge >= 0.3 is 6.18 Å². The van der Waals surface area contributed by atoms with Crippen molar-refractivity contribution in [1.29, 1.82) is 5.26 Å². The lowest BCUT2D eigenvalue weighted by atomic mass is 10.1. The van der Waals surface area contributed by atoms with Gasteiger partial charge in [-0.1, -0.05) is 18.2 Å². The van der Waals surface area contributed by atoms with Gasteiger partial charge in [-0.3, -0.25) is 14.2 Å². The number of nitriles is 1. The number of hydrogen-bond donors (Lipinski definition) is 2. The molecule has 4 aromatic rings. The summed E-state index contributed by atoms with van der Waals surface area (Å²) >= 11 is 0. The van der Waals surface area contributed by atoms with Crippen LogP contribution in [0.3, 0.4) is 0 Å². The quantitative estimate of drug-likeness (QED) is 0.523. The molecule has 31 heavy (non-hydrogen) atoms. The van der Waals surface area contributed by atoms with Crippen LogP contribution in [0.5, 0.6) is 0 Å². The van der Waals surface area contributed by atoms with Crippen molar-refractivity contribution in [2.24, 2.45) is 0 Å². The molecule has 2 N–H and O–H groups in total. The maximum atomic E-state index is 13.3. The van der Waals surface area contributed by atoms with Gasteiger partial charge in [-0.05, 0) is 30.3 Å². The number of nitrogens with zero attached hydrogens (tertiary/aromatic N) is 3. The lowest BCUT2D eigenvalue weighted by molar-refractivity contribution is -0.141. The van der Waals surface area contributed by atoms with Crippen LogP contribution < -0.4 is 16.4 Å². The van der Waals surface area contributed by atoms with Crippen molar-refractivity contribution in [3.8, 4) is 11.8 Å². The third-order valence-electron chi connectivity index (χ3n) is 4.48. The van der Waals surface area contributed by atoms with Crippen molar-refractivity contribution >= 4 is 22.4 Å². The Balaban J connectivity index is 2.11. The molecule has 0 aliphatic carbocycles. The highest BCUT2D eigenvalue weighted by atomic mass is 19.4. The minimum atomic E-state index is -4.74. The topological polar surface area (TPSA) is 104 Å². The fourth-order valence-corrected chi connectivity index (χ4v) is 3.14. The maximum absolute atomic E-state index is 13.3. The van der Waals surface area contributed by atoms with Crippen molar-refractivity contribution in [1.82, 2.24) is 14.5 Å². The molecule has 0 aliphatic rings. The standard InChI is InChI=1S/C21H12F3N5O2/c22-21(23,24)16-7-6-14-18(27-12-8-9-26-17(30)10-12)15(11-25)20(31)29(19(14)28-16)13-4-2-1-3-5-13/h1-10H,(H2,26,27,30). The van der Waals surface area contributed by atoms with E-state index < -0.39 is 23.0 Å². The van der Waals surface area contributed by atoms with E-state index in [2.05, 4.69) is 15.3 Å². The van der Waals surface area contributed by atoms with Gasteiger partial charge in [-0.2, -0.15) is 18.4 Å². The Labute approximate surface area is 172 Å². The zero-order valence-electron chi connectivity index (χ0n) is 15.6. The molecule has 4 rings (SSSR count). The number of aromatic nitrogens is 3. The minimum absolute atomic E-state index is 0.0403. The molecule has 0 unspecified atom stereocenters. The fourth-order valence-electron chi connectivity index (χ4n) is 3.14. The van der Waals surface area contributed by atoms with Crippen molar-refractivity contribution < 1.29 is 13.2 Å². The van der Waals surface area contributed by atoms with Crippen LogP contribution in [0.25, 0.3) is 16.7 Å². The first kappa shape index (κ1) is 19.9. The van der Waals surface area contributed by atoms with E-state index in [4.69, 9.17) is 0 Å². The van der Waals surface area contributed by atoms with E-state index in [9.17, 15) is 28.0 Å². The summed E-state index contributed by atoms with van der Waals surface area (Å²) in [7, 11) is 0. The van der Waals surface area contributed by atoms with Crippen LogP contribution in [-0.4, -0.2) is 14.5 Å². The molecule has 0 amide bonds.